The first-order valence-electron chi connectivity index (χ1n) is 6.86. The van der Waals surface area contributed by atoms with E-state index in [4.69, 9.17) is 0 Å². The van der Waals surface area contributed by atoms with E-state index in [-0.39, 0.29) is 20.6 Å². The number of hydrogen-bond donors (Lipinski definition) is 1. The number of nitrogens with one attached hydrogen (secondary N) is 1. The fourth-order valence-corrected chi connectivity index (χ4v) is 2.27. The van der Waals surface area contributed by atoms with Crippen molar-refractivity contribution in [2.75, 3.05) is 46.4 Å². The van der Waals surface area contributed by atoms with Gasteiger partial charge in [-0.3, -0.25) is 0 Å². The van der Waals surface area contributed by atoms with Crippen molar-refractivity contribution in [3.8, 4) is 0 Å². The summed E-state index contributed by atoms with van der Waals surface area (Å²) in [4.78, 5) is 2.33. The molecule has 3 fully saturated rings. The van der Waals surface area contributed by atoms with Gasteiger partial charge in [0.15, 0.2) is 5.67 Å². The minimum atomic E-state index is -1.00. The fraction of sp³-hybridized carbons (Fsp3) is 1.00. The summed E-state index contributed by atoms with van der Waals surface area (Å²) in [5, 5.41) is 2.83. The first-order valence-corrected chi connectivity index (χ1v) is 6.86. The molecule has 0 spiro atoms. The van der Waals surface area contributed by atoms with Crippen LogP contribution < -0.4 is 5.32 Å². The summed E-state index contributed by atoms with van der Waals surface area (Å²) in [6.07, 6.45) is 0. The first kappa shape index (κ1) is 19.7. The molecule has 3 rings (SSSR count). The Balaban J connectivity index is 0.000000265. The highest BCUT2D eigenvalue weighted by atomic mass is 19.1. The first-order chi connectivity index (χ1) is 8.52. The molecule has 0 aromatic heterocycles. The second-order valence-corrected chi connectivity index (χ2v) is 7.26. The average Bonchev–Trinajstić information content (AvgIpc) is 2.12. The van der Waals surface area contributed by atoms with Crippen LogP contribution in [0.15, 0.2) is 0 Å². The average molecular weight is 294 g/mol. The van der Waals surface area contributed by atoms with Gasteiger partial charge in [0.05, 0.1) is 13.2 Å². The standard InChI is InChI=1S/C6H13N.C4H8FN.C4H7FO.CH4/c1-6(2)4-7(3)5-6;2*1-4(5)2-6-3-4;/h4-5H2,1-3H3;6H,2-3H2,1H3;2-3H2,1H3;1H4. The van der Waals surface area contributed by atoms with E-state index in [1.54, 1.807) is 6.92 Å². The van der Waals surface area contributed by atoms with Crippen LogP contribution in [-0.2, 0) is 4.74 Å². The summed E-state index contributed by atoms with van der Waals surface area (Å²) in [5.74, 6) is 0. The lowest BCUT2D eigenvalue weighted by Crippen LogP contribution is -2.53. The van der Waals surface area contributed by atoms with Crippen LogP contribution in [0.5, 0.6) is 0 Å². The van der Waals surface area contributed by atoms with E-state index < -0.39 is 11.3 Å². The lowest BCUT2D eigenvalue weighted by atomic mass is 9.85. The second kappa shape index (κ2) is 7.14. The van der Waals surface area contributed by atoms with Crippen molar-refractivity contribution in [3.05, 3.63) is 0 Å². The Bertz CT molecular complexity index is 256. The van der Waals surface area contributed by atoms with Gasteiger partial charge in [0.1, 0.15) is 5.67 Å². The molecule has 1 N–H and O–H groups in total. The molecule has 122 valence electrons. The maximum absolute atomic E-state index is 12.1. The molecular weight excluding hydrogens is 262 g/mol. The zero-order valence-electron chi connectivity index (χ0n) is 12.9. The number of rotatable bonds is 0. The Morgan fingerprint density at radius 1 is 0.950 bits per heavy atom. The third-order valence-electron chi connectivity index (χ3n) is 3.19. The van der Waals surface area contributed by atoms with Gasteiger partial charge >= 0.3 is 0 Å². The normalized spacial score (nSPS) is 27.8. The van der Waals surface area contributed by atoms with Crippen molar-refractivity contribution in [2.45, 2.75) is 46.5 Å². The van der Waals surface area contributed by atoms with Gasteiger partial charge in [0.2, 0.25) is 0 Å². The number of likely N-dealkylation sites (tertiary alicyclic amines) is 1. The van der Waals surface area contributed by atoms with Crippen molar-refractivity contribution in [2.24, 2.45) is 5.41 Å². The number of nitrogens with zero attached hydrogens (tertiary/aromatic N) is 1. The minimum absolute atomic E-state index is 0. The topological polar surface area (TPSA) is 24.5 Å². The Morgan fingerprint density at radius 3 is 1.30 bits per heavy atom. The highest BCUT2D eigenvalue weighted by Crippen LogP contribution is 2.26. The van der Waals surface area contributed by atoms with E-state index in [1.165, 1.54) is 20.0 Å². The molecule has 3 aliphatic rings. The van der Waals surface area contributed by atoms with Gasteiger partial charge in [-0.15, -0.1) is 0 Å². The van der Waals surface area contributed by atoms with Gasteiger partial charge in [-0.1, -0.05) is 21.3 Å². The zero-order chi connectivity index (χ0) is 14.7. The van der Waals surface area contributed by atoms with E-state index in [9.17, 15) is 8.78 Å². The molecule has 0 radical (unpaired) electrons. The lowest BCUT2D eigenvalue weighted by molar-refractivity contribution is -0.118. The predicted molar refractivity (Wildman–Crippen MR) is 80.7 cm³/mol. The van der Waals surface area contributed by atoms with Crippen molar-refractivity contribution < 1.29 is 13.5 Å². The maximum Gasteiger partial charge on any atom is 0.154 e. The highest BCUT2D eigenvalue weighted by molar-refractivity contribution is 4.87. The number of alkyl halides is 2. The van der Waals surface area contributed by atoms with Crippen LogP contribution >= 0.6 is 0 Å². The van der Waals surface area contributed by atoms with Crippen LogP contribution in [0.2, 0.25) is 0 Å². The Labute approximate surface area is 123 Å². The predicted octanol–water partition coefficient (Wildman–Crippen LogP) is 2.66. The Hall–Kier alpha value is -0.260. The Morgan fingerprint density at radius 2 is 1.30 bits per heavy atom. The quantitative estimate of drug-likeness (QED) is 0.743. The van der Waals surface area contributed by atoms with Gasteiger partial charge in [-0.2, -0.15) is 0 Å². The van der Waals surface area contributed by atoms with Crippen molar-refractivity contribution in [1.29, 1.82) is 0 Å². The van der Waals surface area contributed by atoms with Crippen molar-refractivity contribution >= 4 is 0 Å². The minimum Gasteiger partial charge on any atom is -0.375 e. The summed E-state index contributed by atoms with van der Waals surface area (Å²) in [7, 11) is 2.16. The summed E-state index contributed by atoms with van der Waals surface area (Å²) < 4.78 is 28.8. The molecule has 0 aromatic carbocycles. The number of hydrogen-bond acceptors (Lipinski definition) is 3. The van der Waals surface area contributed by atoms with Crippen LogP contribution in [0, 0.1) is 5.41 Å². The van der Waals surface area contributed by atoms with E-state index >= 15 is 0 Å². The van der Waals surface area contributed by atoms with Gasteiger partial charge in [0, 0.05) is 26.2 Å². The molecule has 3 aliphatic heterocycles. The van der Waals surface area contributed by atoms with E-state index in [0.29, 0.717) is 18.5 Å². The SMILES string of the molecule is C.CC1(F)CNC1.CC1(F)COC1.CN1CC(C)(C)C1. The van der Waals surface area contributed by atoms with E-state index in [0.717, 1.165) is 0 Å². The van der Waals surface area contributed by atoms with Crippen LogP contribution in [0.25, 0.3) is 0 Å². The molecule has 20 heavy (non-hydrogen) atoms. The van der Waals surface area contributed by atoms with E-state index in [2.05, 4.69) is 35.8 Å². The van der Waals surface area contributed by atoms with Crippen LogP contribution in [0.4, 0.5) is 8.78 Å². The lowest BCUT2D eigenvalue weighted by Gasteiger charge is -2.43. The molecule has 0 bridgehead atoms. The summed E-state index contributed by atoms with van der Waals surface area (Å²) in [6.45, 7) is 11.9. The van der Waals surface area contributed by atoms with Gasteiger partial charge in [0.25, 0.3) is 0 Å². The molecule has 0 unspecified atom stereocenters. The highest BCUT2D eigenvalue weighted by Gasteiger charge is 2.32. The molecule has 3 heterocycles. The molecule has 0 aromatic rings. The van der Waals surface area contributed by atoms with Crippen LogP contribution in [-0.4, -0.2) is 62.7 Å². The second-order valence-electron chi connectivity index (χ2n) is 7.26. The summed E-state index contributed by atoms with van der Waals surface area (Å²) in [5.41, 5.74) is -1.27. The van der Waals surface area contributed by atoms with Gasteiger partial charge in [-0.25, -0.2) is 8.78 Å². The molecule has 3 nitrogen and oxygen atoms in total. The summed E-state index contributed by atoms with van der Waals surface area (Å²) in [6, 6.07) is 0. The molecule has 0 amide bonds. The molecular formula is C15H32F2N2O. The molecule has 5 heteroatoms. The number of ether oxygens (including phenoxy) is 1. The fourth-order valence-electron chi connectivity index (χ4n) is 2.27. The van der Waals surface area contributed by atoms with Crippen LogP contribution in [0.1, 0.15) is 35.1 Å². The molecule has 0 aliphatic carbocycles. The van der Waals surface area contributed by atoms with Gasteiger partial charge in [-0.05, 0) is 26.3 Å². The van der Waals surface area contributed by atoms with Gasteiger partial charge < -0.3 is 15.0 Å². The van der Waals surface area contributed by atoms with Crippen molar-refractivity contribution in [1.82, 2.24) is 10.2 Å². The van der Waals surface area contributed by atoms with Crippen molar-refractivity contribution in [3.63, 3.8) is 0 Å². The molecule has 0 atom stereocenters. The molecule has 0 saturated carbocycles. The van der Waals surface area contributed by atoms with Crippen LogP contribution in [0.3, 0.4) is 0 Å². The third kappa shape index (κ3) is 7.50. The smallest absolute Gasteiger partial charge is 0.154 e. The third-order valence-corrected chi connectivity index (χ3v) is 3.19. The summed E-state index contributed by atoms with van der Waals surface area (Å²) >= 11 is 0. The molecule has 3 saturated heterocycles. The number of halogens is 2. The Kier molecular flexibility index (Phi) is 7.05. The maximum atomic E-state index is 12.1. The largest absolute Gasteiger partial charge is 0.375 e. The van der Waals surface area contributed by atoms with E-state index in [1.807, 2.05) is 0 Å². The monoisotopic (exact) mass is 294 g/mol. The zero-order valence-corrected chi connectivity index (χ0v) is 12.9.